The summed E-state index contributed by atoms with van der Waals surface area (Å²) < 4.78 is 0. The van der Waals surface area contributed by atoms with Crippen molar-refractivity contribution in [3.63, 3.8) is 0 Å². The van der Waals surface area contributed by atoms with Crippen LogP contribution < -0.4 is 5.73 Å². The Morgan fingerprint density at radius 3 is 2.82 bits per heavy atom. The molecule has 0 saturated heterocycles. The lowest BCUT2D eigenvalue weighted by Gasteiger charge is -2.11. The molecule has 0 fully saturated rings. The Kier molecular flexibility index (Phi) is 3.64. The van der Waals surface area contributed by atoms with Gasteiger partial charge in [0.25, 0.3) is 0 Å². The van der Waals surface area contributed by atoms with E-state index in [0.29, 0.717) is 5.25 Å². The number of hydrogen-bond acceptors (Lipinski definition) is 4. The number of thioether (sulfide) groups is 1. The first kappa shape index (κ1) is 11.9. The lowest BCUT2D eigenvalue weighted by atomic mass is 10.1. The van der Waals surface area contributed by atoms with Crippen molar-refractivity contribution in [2.75, 3.05) is 5.73 Å². The molecule has 88 valence electrons. The van der Waals surface area contributed by atoms with Gasteiger partial charge in [0.1, 0.15) is 0 Å². The van der Waals surface area contributed by atoms with Gasteiger partial charge in [-0.3, -0.25) is 0 Å². The number of nitrogen functional groups attached to an aromatic ring is 1. The van der Waals surface area contributed by atoms with Crippen molar-refractivity contribution >= 4 is 17.4 Å². The Morgan fingerprint density at radius 1 is 1.29 bits per heavy atom. The zero-order chi connectivity index (χ0) is 12.3. The Hall–Kier alpha value is -1.55. The minimum atomic E-state index is 0.292. The summed E-state index contributed by atoms with van der Waals surface area (Å²) in [5.74, 6) is 0. The van der Waals surface area contributed by atoms with Gasteiger partial charge in [0.05, 0.1) is 0 Å². The molecule has 0 amide bonds. The number of nitrogens with zero attached hydrogens (tertiary/aromatic N) is 2. The third kappa shape index (κ3) is 3.20. The van der Waals surface area contributed by atoms with Gasteiger partial charge in [0.2, 0.25) is 0 Å². The lowest BCUT2D eigenvalue weighted by Crippen LogP contribution is -1.94. The maximum atomic E-state index is 5.77. The largest absolute Gasteiger partial charge is 0.399 e. The van der Waals surface area contributed by atoms with Gasteiger partial charge in [0, 0.05) is 22.8 Å². The second-order valence-electron chi connectivity index (χ2n) is 3.91. The van der Waals surface area contributed by atoms with Gasteiger partial charge in [-0.25, -0.2) is 9.97 Å². The molecule has 2 aromatic rings. The Morgan fingerprint density at radius 2 is 2.12 bits per heavy atom. The molecule has 2 rings (SSSR count). The van der Waals surface area contributed by atoms with Crippen LogP contribution in [0.2, 0.25) is 0 Å². The summed E-state index contributed by atoms with van der Waals surface area (Å²) >= 11 is 1.64. The first-order valence-electron chi connectivity index (χ1n) is 5.47. The van der Waals surface area contributed by atoms with Crippen LogP contribution in [-0.4, -0.2) is 9.97 Å². The van der Waals surface area contributed by atoms with Crippen molar-refractivity contribution in [2.24, 2.45) is 0 Å². The molecular weight excluding hydrogens is 230 g/mol. The van der Waals surface area contributed by atoms with Crippen LogP contribution in [0, 0.1) is 6.92 Å². The van der Waals surface area contributed by atoms with Gasteiger partial charge < -0.3 is 5.73 Å². The van der Waals surface area contributed by atoms with E-state index in [9.17, 15) is 0 Å². The van der Waals surface area contributed by atoms with Crippen molar-refractivity contribution in [2.45, 2.75) is 24.3 Å². The topological polar surface area (TPSA) is 51.8 Å². The molecule has 1 atom stereocenters. The maximum absolute atomic E-state index is 5.77. The molecule has 4 heteroatoms. The molecule has 1 heterocycles. The van der Waals surface area contributed by atoms with Crippen LogP contribution in [0.3, 0.4) is 0 Å². The fraction of sp³-hybridized carbons (Fsp3) is 0.231. The second-order valence-corrected chi connectivity index (χ2v) is 5.22. The van der Waals surface area contributed by atoms with Gasteiger partial charge >= 0.3 is 0 Å². The monoisotopic (exact) mass is 245 g/mol. The van der Waals surface area contributed by atoms with Crippen molar-refractivity contribution < 1.29 is 0 Å². The first-order chi connectivity index (χ1) is 8.15. The van der Waals surface area contributed by atoms with E-state index in [0.717, 1.165) is 16.5 Å². The number of aromatic nitrogens is 2. The number of benzene rings is 1. The number of aryl methyl sites for hydroxylation is 1. The van der Waals surface area contributed by atoms with E-state index in [1.807, 2.05) is 31.2 Å². The zero-order valence-electron chi connectivity index (χ0n) is 9.92. The molecule has 0 aliphatic carbocycles. The van der Waals surface area contributed by atoms with E-state index in [1.165, 1.54) is 5.56 Å². The molecule has 0 aliphatic heterocycles. The number of rotatable bonds is 3. The maximum Gasteiger partial charge on any atom is 0.188 e. The van der Waals surface area contributed by atoms with E-state index in [1.54, 1.807) is 18.0 Å². The van der Waals surface area contributed by atoms with E-state index in [4.69, 9.17) is 5.73 Å². The van der Waals surface area contributed by atoms with Gasteiger partial charge in [-0.2, -0.15) is 0 Å². The molecule has 1 aromatic carbocycles. The van der Waals surface area contributed by atoms with Crippen LogP contribution in [0.25, 0.3) is 0 Å². The fourth-order valence-electron chi connectivity index (χ4n) is 1.52. The molecule has 0 spiro atoms. The summed E-state index contributed by atoms with van der Waals surface area (Å²) in [5.41, 5.74) is 8.75. The molecule has 0 radical (unpaired) electrons. The average Bonchev–Trinajstić information content (AvgIpc) is 2.29. The van der Waals surface area contributed by atoms with Crippen LogP contribution in [0.5, 0.6) is 0 Å². The Bertz CT molecular complexity index is 514. The zero-order valence-corrected chi connectivity index (χ0v) is 10.7. The van der Waals surface area contributed by atoms with Crippen molar-refractivity contribution in [1.29, 1.82) is 0 Å². The van der Waals surface area contributed by atoms with Crippen LogP contribution in [0.15, 0.2) is 41.7 Å². The van der Waals surface area contributed by atoms with Crippen molar-refractivity contribution in [3.05, 3.63) is 47.8 Å². The van der Waals surface area contributed by atoms with Gasteiger partial charge in [-0.15, -0.1) is 0 Å². The highest BCUT2D eigenvalue weighted by Gasteiger charge is 2.09. The molecular formula is C13H15N3S. The molecule has 0 saturated carbocycles. The molecule has 0 aliphatic rings. The molecule has 0 bridgehead atoms. The third-order valence-electron chi connectivity index (χ3n) is 2.43. The number of hydrogen-bond donors (Lipinski definition) is 1. The summed E-state index contributed by atoms with van der Waals surface area (Å²) in [7, 11) is 0. The SMILES string of the molecule is Cc1ccnc(SC(C)c2cccc(N)c2)n1. The summed E-state index contributed by atoms with van der Waals surface area (Å²) in [4.78, 5) is 8.63. The predicted octanol–water partition coefficient (Wildman–Crippen LogP) is 3.22. The molecule has 17 heavy (non-hydrogen) atoms. The van der Waals surface area contributed by atoms with Crippen LogP contribution in [0.4, 0.5) is 5.69 Å². The summed E-state index contributed by atoms with van der Waals surface area (Å²) in [6.07, 6.45) is 1.79. The average molecular weight is 245 g/mol. The molecule has 1 unspecified atom stereocenters. The minimum absolute atomic E-state index is 0.292. The fourth-order valence-corrected chi connectivity index (χ4v) is 2.44. The van der Waals surface area contributed by atoms with Crippen molar-refractivity contribution in [3.8, 4) is 0 Å². The van der Waals surface area contributed by atoms with E-state index in [-0.39, 0.29) is 0 Å². The third-order valence-corrected chi connectivity index (χ3v) is 3.47. The van der Waals surface area contributed by atoms with Crippen molar-refractivity contribution in [1.82, 2.24) is 9.97 Å². The number of anilines is 1. The van der Waals surface area contributed by atoms with E-state index < -0.39 is 0 Å². The second kappa shape index (κ2) is 5.19. The normalized spacial score (nSPS) is 12.4. The highest BCUT2D eigenvalue weighted by molar-refractivity contribution is 7.99. The summed E-state index contributed by atoms with van der Waals surface area (Å²) in [5, 5.41) is 1.10. The van der Waals surface area contributed by atoms with E-state index >= 15 is 0 Å². The molecule has 1 aromatic heterocycles. The van der Waals surface area contributed by atoms with E-state index in [2.05, 4.69) is 23.0 Å². The van der Waals surface area contributed by atoms with Crippen LogP contribution in [-0.2, 0) is 0 Å². The van der Waals surface area contributed by atoms with Gasteiger partial charge in [-0.05, 0) is 37.6 Å². The smallest absolute Gasteiger partial charge is 0.188 e. The Labute approximate surface area is 105 Å². The van der Waals surface area contributed by atoms with Gasteiger partial charge in [-0.1, -0.05) is 23.9 Å². The standard InChI is InChI=1S/C13H15N3S/c1-9-6-7-15-13(16-9)17-10(2)11-4-3-5-12(14)8-11/h3-8,10H,14H2,1-2H3. The summed E-state index contributed by atoms with van der Waals surface area (Å²) in [6, 6.07) is 9.83. The quantitative estimate of drug-likeness (QED) is 0.512. The highest BCUT2D eigenvalue weighted by atomic mass is 32.2. The summed E-state index contributed by atoms with van der Waals surface area (Å²) in [6.45, 7) is 4.10. The van der Waals surface area contributed by atoms with Crippen LogP contribution in [0.1, 0.15) is 23.4 Å². The van der Waals surface area contributed by atoms with Crippen LogP contribution >= 0.6 is 11.8 Å². The lowest BCUT2D eigenvalue weighted by molar-refractivity contribution is 0.922. The number of nitrogens with two attached hydrogens (primary N) is 1. The Balaban J connectivity index is 2.14. The molecule has 2 N–H and O–H groups in total. The minimum Gasteiger partial charge on any atom is -0.399 e. The molecule has 3 nitrogen and oxygen atoms in total. The highest BCUT2D eigenvalue weighted by Crippen LogP contribution is 2.33. The van der Waals surface area contributed by atoms with Gasteiger partial charge in [0.15, 0.2) is 5.16 Å². The predicted molar refractivity (Wildman–Crippen MR) is 71.9 cm³/mol. The first-order valence-corrected chi connectivity index (χ1v) is 6.35.